The van der Waals surface area contributed by atoms with Gasteiger partial charge in [0.15, 0.2) is 5.82 Å². The van der Waals surface area contributed by atoms with Crippen molar-refractivity contribution in [3.63, 3.8) is 0 Å². The molecule has 3 aromatic rings. The van der Waals surface area contributed by atoms with E-state index in [9.17, 15) is 26.7 Å². The highest BCUT2D eigenvalue weighted by Crippen LogP contribution is 2.41. The van der Waals surface area contributed by atoms with Crippen LogP contribution >= 0.6 is 11.6 Å². The molecule has 7 nitrogen and oxygen atoms in total. The van der Waals surface area contributed by atoms with E-state index in [0.29, 0.717) is 48.0 Å². The van der Waals surface area contributed by atoms with Gasteiger partial charge in [0.1, 0.15) is 28.7 Å². The van der Waals surface area contributed by atoms with Crippen LogP contribution in [0.5, 0.6) is 5.75 Å². The Labute approximate surface area is 213 Å². The van der Waals surface area contributed by atoms with Crippen LogP contribution in [0, 0.1) is 11.6 Å². The number of hydrogen-bond donors (Lipinski definition) is 2. The molecule has 2 aliphatic heterocycles. The third-order valence-corrected chi connectivity index (χ3v) is 7.16. The number of rotatable bonds is 5. The number of methoxy groups -OCH3 is 1. The molecule has 2 saturated heterocycles. The molecule has 13 heteroatoms. The molecule has 2 aromatic carbocycles. The molecule has 2 unspecified atom stereocenters. The van der Waals surface area contributed by atoms with E-state index in [1.165, 1.54) is 19.5 Å². The molecule has 0 spiro atoms. The Hall–Kier alpha value is -3.41. The summed E-state index contributed by atoms with van der Waals surface area (Å²) in [6.45, 7) is 0. The number of carbonyl (C=O) groups excluding carboxylic acids is 1. The molecular weight excluding hydrogens is 521 g/mol. The number of alkyl halides is 3. The molecule has 2 atom stereocenters. The number of carbonyl (C=O) groups is 1. The first kappa shape index (κ1) is 25.2. The lowest BCUT2D eigenvalue weighted by atomic mass is 9.96. The number of halogens is 6. The molecule has 2 N–H and O–H groups in total. The predicted molar refractivity (Wildman–Crippen MR) is 127 cm³/mol. The van der Waals surface area contributed by atoms with E-state index in [-0.39, 0.29) is 17.5 Å². The van der Waals surface area contributed by atoms with Gasteiger partial charge >= 0.3 is 12.1 Å². The van der Waals surface area contributed by atoms with Crippen molar-refractivity contribution in [1.82, 2.24) is 14.9 Å². The van der Waals surface area contributed by atoms with E-state index >= 15 is 0 Å². The standard InChI is InChI=1S/C24H21ClF5N5O2/c1-37-19-9-17-14(22(32-10-31-17)34-16-5-4-15(26)20(25)21(16)27)8-18(19)33-11-6-12-2-3-13(7-11)35(12)23(36)24(28,29)30/h4-5,8-13,33H,2-3,6-7H2,1H3,(H,31,32,34). The minimum atomic E-state index is -4.90. The monoisotopic (exact) mass is 541 g/mol. The zero-order valence-corrected chi connectivity index (χ0v) is 20.1. The van der Waals surface area contributed by atoms with E-state index in [0.717, 1.165) is 11.0 Å². The molecule has 0 radical (unpaired) electrons. The maximum absolute atomic E-state index is 14.5. The van der Waals surface area contributed by atoms with Gasteiger partial charge in [-0.15, -0.1) is 0 Å². The lowest BCUT2D eigenvalue weighted by Gasteiger charge is -2.39. The summed E-state index contributed by atoms with van der Waals surface area (Å²) in [5.41, 5.74) is 0.916. The summed E-state index contributed by atoms with van der Waals surface area (Å²) in [7, 11) is 1.47. The molecule has 0 saturated carbocycles. The molecule has 1 amide bonds. The maximum Gasteiger partial charge on any atom is 0.471 e. The fourth-order valence-electron chi connectivity index (χ4n) is 5.21. The largest absolute Gasteiger partial charge is 0.495 e. The third-order valence-electron chi connectivity index (χ3n) is 6.81. The van der Waals surface area contributed by atoms with Gasteiger partial charge in [0, 0.05) is 29.6 Å². The van der Waals surface area contributed by atoms with Crippen LogP contribution in [-0.4, -0.2) is 52.2 Å². The molecule has 2 fully saturated rings. The molecule has 5 rings (SSSR count). The summed E-state index contributed by atoms with van der Waals surface area (Å²) >= 11 is 5.69. The van der Waals surface area contributed by atoms with Crippen LogP contribution in [-0.2, 0) is 4.79 Å². The zero-order chi connectivity index (χ0) is 26.5. The average molecular weight is 542 g/mol. The van der Waals surface area contributed by atoms with E-state index in [4.69, 9.17) is 16.3 Å². The molecule has 37 heavy (non-hydrogen) atoms. The predicted octanol–water partition coefficient (Wildman–Crippen LogP) is 5.81. The second kappa shape index (κ2) is 9.47. The zero-order valence-electron chi connectivity index (χ0n) is 19.4. The Morgan fingerprint density at radius 2 is 1.81 bits per heavy atom. The van der Waals surface area contributed by atoms with Crippen molar-refractivity contribution < 1.29 is 31.5 Å². The van der Waals surface area contributed by atoms with Crippen molar-refractivity contribution in [2.24, 2.45) is 0 Å². The van der Waals surface area contributed by atoms with Crippen LogP contribution in [0.4, 0.5) is 39.1 Å². The van der Waals surface area contributed by atoms with Crippen molar-refractivity contribution in [3.8, 4) is 5.75 Å². The first-order valence-corrected chi connectivity index (χ1v) is 11.8. The molecule has 0 aliphatic carbocycles. The molecule has 2 aliphatic rings. The molecule has 2 bridgehead atoms. The summed E-state index contributed by atoms with van der Waals surface area (Å²) in [6, 6.07) is 4.32. The first-order valence-electron chi connectivity index (χ1n) is 11.5. The number of nitrogens with zero attached hydrogens (tertiary/aromatic N) is 3. The van der Waals surface area contributed by atoms with Gasteiger partial charge in [-0.05, 0) is 43.9 Å². The molecule has 1 aromatic heterocycles. The first-order chi connectivity index (χ1) is 17.6. The maximum atomic E-state index is 14.5. The van der Waals surface area contributed by atoms with Crippen molar-refractivity contribution in [2.75, 3.05) is 17.7 Å². The summed E-state index contributed by atoms with van der Waals surface area (Å²) in [6.07, 6.45) is -1.93. The number of piperidine rings is 1. The summed E-state index contributed by atoms with van der Waals surface area (Å²) in [4.78, 5) is 21.3. The van der Waals surface area contributed by atoms with Crippen LogP contribution in [0.25, 0.3) is 10.9 Å². The second-order valence-electron chi connectivity index (χ2n) is 9.05. The van der Waals surface area contributed by atoms with Gasteiger partial charge in [-0.3, -0.25) is 4.79 Å². The number of aromatic nitrogens is 2. The highest BCUT2D eigenvalue weighted by molar-refractivity contribution is 6.31. The lowest BCUT2D eigenvalue weighted by molar-refractivity contribution is -0.189. The van der Waals surface area contributed by atoms with Gasteiger partial charge < -0.3 is 20.3 Å². The van der Waals surface area contributed by atoms with E-state index in [1.54, 1.807) is 12.1 Å². The van der Waals surface area contributed by atoms with Gasteiger partial charge in [0.25, 0.3) is 0 Å². The highest BCUT2D eigenvalue weighted by Gasteiger charge is 2.52. The van der Waals surface area contributed by atoms with Crippen LogP contribution < -0.4 is 15.4 Å². The van der Waals surface area contributed by atoms with Crippen LogP contribution in [0.2, 0.25) is 5.02 Å². The Morgan fingerprint density at radius 3 is 2.46 bits per heavy atom. The molecule has 3 heterocycles. The van der Waals surface area contributed by atoms with Crippen molar-refractivity contribution >= 4 is 45.6 Å². The number of amides is 1. The van der Waals surface area contributed by atoms with Gasteiger partial charge in [-0.1, -0.05) is 11.6 Å². The summed E-state index contributed by atoms with van der Waals surface area (Å²) in [5.74, 6) is -3.00. The number of fused-ring (bicyclic) bond motifs is 3. The quantitative estimate of drug-likeness (QED) is 0.313. The Bertz CT molecular complexity index is 1360. The van der Waals surface area contributed by atoms with Crippen LogP contribution in [0.3, 0.4) is 0 Å². The normalized spacial score (nSPS) is 21.3. The third kappa shape index (κ3) is 4.70. The Balaban J connectivity index is 1.43. The summed E-state index contributed by atoms with van der Waals surface area (Å²) in [5, 5.41) is 5.98. The minimum absolute atomic E-state index is 0.0880. The highest BCUT2D eigenvalue weighted by atomic mass is 35.5. The fourth-order valence-corrected chi connectivity index (χ4v) is 5.37. The van der Waals surface area contributed by atoms with Crippen LogP contribution in [0.1, 0.15) is 25.7 Å². The summed E-state index contributed by atoms with van der Waals surface area (Å²) < 4.78 is 72.8. The number of nitrogens with one attached hydrogen (secondary N) is 2. The fraction of sp³-hybridized carbons (Fsp3) is 0.375. The van der Waals surface area contributed by atoms with Gasteiger partial charge in [0.05, 0.1) is 24.0 Å². The topological polar surface area (TPSA) is 79.4 Å². The SMILES string of the molecule is COc1cc2ncnc(Nc3ccc(F)c(Cl)c3F)c2cc1NC1CC2CCC(C1)N2C(=O)C(F)(F)F. The van der Waals surface area contributed by atoms with Crippen molar-refractivity contribution in [1.29, 1.82) is 0 Å². The lowest BCUT2D eigenvalue weighted by Crippen LogP contribution is -2.53. The number of hydrogen-bond acceptors (Lipinski definition) is 6. The average Bonchev–Trinajstić information content (AvgIpc) is 3.12. The number of benzene rings is 2. The van der Waals surface area contributed by atoms with Gasteiger partial charge in [0.2, 0.25) is 0 Å². The van der Waals surface area contributed by atoms with E-state index in [2.05, 4.69) is 20.6 Å². The number of anilines is 3. The number of ether oxygens (including phenoxy) is 1. The van der Waals surface area contributed by atoms with E-state index in [1.807, 2.05) is 0 Å². The van der Waals surface area contributed by atoms with E-state index < -0.39 is 40.8 Å². The van der Waals surface area contributed by atoms with Crippen molar-refractivity contribution in [2.45, 2.75) is 50.0 Å². The van der Waals surface area contributed by atoms with Gasteiger partial charge in [-0.25, -0.2) is 18.7 Å². The van der Waals surface area contributed by atoms with Crippen LogP contribution in [0.15, 0.2) is 30.6 Å². The Kier molecular flexibility index (Phi) is 6.47. The smallest absolute Gasteiger partial charge is 0.471 e. The molecular formula is C24H21ClF5N5O2. The molecule has 196 valence electrons. The minimum Gasteiger partial charge on any atom is -0.495 e. The van der Waals surface area contributed by atoms with Gasteiger partial charge in [-0.2, -0.15) is 13.2 Å². The van der Waals surface area contributed by atoms with Crippen molar-refractivity contribution in [3.05, 3.63) is 47.2 Å². The second-order valence-corrected chi connectivity index (χ2v) is 9.43. The Morgan fingerprint density at radius 1 is 1.11 bits per heavy atom.